The topological polar surface area (TPSA) is 69.4 Å². The Labute approximate surface area is 109 Å². The van der Waals surface area contributed by atoms with Crippen LogP contribution >= 0.6 is 0 Å². The van der Waals surface area contributed by atoms with Crippen LogP contribution in [0.1, 0.15) is 25.3 Å². The Kier molecular flexibility index (Phi) is 6.15. The quantitative estimate of drug-likeness (QED) is 0.782. The van der Waals surface area contributed by atoms with Crippen LogP contribution in [-0.2, 0) is 16.4 Å². The number of benzene rings is 1. The van der Waals surface area contributed by atoms with Gasteiger partial charge < -0.3 is 10.5 Å². The number of rotatable bonds is 8. The van der Waals surface area contributed by atoms with E-state index in [0.717, 1.165) is 12.0 Å². The summed E-state index contributed by atoms with van der Waals surface area (Å²) < 4.78 is 28.6. The minimum atomic E-state index is -2.98. The van der Waals surface area contributed by atoms with Gasteiger partial charge in [0, 0.05) is 6.54 Å². The molecule has 102 valence electrons. The zero-order valence-electron chi connectivity index (χ0n) is 10.8. The molecule has 0 fully saturated rings. The van der Waals surface area contributed by atoms with Gasteiger partial charge in [0.15, 0.2) is 9.84 Å². The number of ether oxygens (including phenoxy) is 1. The van der Waals surface area contributed by atoms with Gasteiger partial charge in [0.05, 0.1) is 11.5 Å². The molecule has 0 unspecified atom stereocenters. The summed E-state index contributed by atoms with van der Waals surface area (Å²) in [7, 11) is -2.98. The summed E-state index contributed by atoms with van der Waals surface area (Å²) in [5.41, 5.74) is 6.49. The number of unbranched alkanes of at least 4 members (excludes halogenated alkanes) is 1. The Bertz CT molecular complexity index is 457. The van der Waals surface area contributed by atoms with Crippen molar-refractivity contribution in [2.45, 2.75) is 26.3 Å². The average molecular weight is 271 g/mol. The van der Waals surface area contributed by atoms with E-state index in [4.69, 9.17) is 10.5 Å². The molecule has 2 N–H and O–H groups in total. The lowest BCUT2D eigenvalue weighted by atomic mass is 10.2. The second-order valence-electron chi connectivity index (χ2n) is 4.21. The van der Waals surface area contributed by atoms with Crippen LogP contribution in [0, 0.1) is 0 Å². The molecular formula is C13H21NO3S. The summed E-state index contributed by atoms with van der Waals surface area (Å²) in [6.07, 6.45) is 1.60. The second-order valence-corrected chi connectivity index (χ2v) is 6.51. The Morgan fingerprint density at radius 1 is 1.28 bits per heavy atom. The highest BCUT2D eigenvalue weighted by atomic mass is 32.2. The maximum Gasteiger partial charge on any atom is 0.153 e. The van der Waals surface area contributed by atoms with Gasteiger partial charge in [0.25, 0.3) is 0 Å². The van der Waals surface area contributed by atoms with Crippen LogP contribution in [0.25, 0.3) is 0 Å². The molecule has 0 heterocycles. The molecule has 0 saturated carbocycles. The highest BCUT2D eigenvalue weighted by Crippen LogP contribution is 2.12. The van der Waals surface area contributed by atoms with Crippen molar-refractivity contribution in [1.29, 1.82) is 0 Å². The van der Waals surface area contributed by atoms with Crippen molar-refractivity contribution < 1.29 is 13.2 Å². The molecule has 0 saturated heterocycles. The largest absolute Gasteiger partial charge is 0.493 e. The van der Waals surface area contributed by atoms with Crippen LogP contribution in [-0.4, -0.2) is 26.5 Å². The van der Waals surface area contributed by atoms with Crippen molar-refractivity contribution in [2.75, 3.05) is 18.1 Å². The molecule has 0 spiro atoms. The number of sulfone groups is 1. The molecule has 0 aliphatic rings. The van der Waals surface area contributed by atoms with E-state index in [0.29, 0.717) is 18.7 Å². The van der Waals surface area contributed by atoms with E-state index in [2.05, 4.69) is 0 Å². The number of hydrogen-bond acceptors (Lipinski definition) is 4. The predicted octanol–water partition coefficient (Wildman–Crippen LogP) is 1.74. The van der Waals surface area contributed by atoms with Gasteiger partial charge in [-0.25, -0.2) is 8.42 Å². The van der Waals surface area contributed by atoms with E-state index in [9.17, 15) is 8.42 Å². The fourth-order valence-electron chi connectivity index (χ4n) is 1.52. The van der Waals surface area contributed by atoms with Crippen molar-refractivity contribution >= 4 is 9.84 Å². The molecule has 0 radical (unpaired) electrons. The van der Waals surface area contributed by atoms with Gasteiger partial charge in [-0.3, -0.25) is 0 Å². The van der Waals surface area contributed by atoms with Crippen molar-refractivity contribution in [2.24, 2.45) is 5.73 Å². The van der Waals surface area contributed by atoms with Crippen molar-refractivity contribution in [3.8, 4) is 5.75 Å². The summed E-state index contributed by atoms with van der Waals surface area (Å²) in [4.78, 5) is 0. The maximum atomic E-state index is 11.6. The molecule has 0 aromatic heterocycles. The first-order chi connectivity index (χ1) is 8.57. The Morgan fingerprint density at radius 2 is 2.06 bits per heavy atom. The monoisotopic (exact) mass is 271 g/mol. The summed E-state index contributed by atoms with van der Waals surface area (Å²) in [5, 5.41) is 0. The SMILES string of the molecule is CCCCS(=O)(=O)CCOc1cccc(CN)c1. The van der Waals surface area contributed by atoms with Gasteiger partial charge in [-0.1, -0.05) is 25.5 Å². The van der Waals surface area contributed by atoms with Gasteiger partial charge in [-0.05, 0) is 24.1 Å². The molecular weight excluding hydrogens is 250 g/mol. The first-order valence-corrected chi connectivity index (χ1v) is 8.02. The molecule has 4 nitrogen and oxygen atoms in total. The Morgan fingerprint density at radius 3 is 2.72 bits per heavy atom. The summed E-state index contributed by atoms with van der Waals surface area (Å²) in [5.74, 6) is 0.985. The third-order valence-electron chi connectivity index (χ3n) is 2.61. The van der Waals surface area contributed by atoms with Gasteiger partial charge >= 0.3 is 0 Å². The lowest BCUT2D eigenvalue weighted by molar-refractivity contribution is 0.340. The number of nitrogens with two attached hydrogens (primary N) is 1. The molecule has 1 aromatic rings. The van der Waals surface area contributed by atoms with E-state index >= 15 is 0 Å². The molecule has 1 rings (SSSR count). The lowest BCUT2D eigenvalue weighted by Crippen LogP contribution is -2.17. The normalized spacial score (nSPS) is 11.4. The molecule has 5 heteroatoms. The third-order valence-corrected chi connectivity index (χ3v) is 4.31. The fourth-order valence-corrected chi connectivity index (χ4v) is 2.78. The first kappa shape index (κ1) is 15.0. The minimum Gasteiger partial charge on any atom is -0.493 e. The summed E-state index contributed by atoms with van der Waals surface area (Å²) in [6, 6.07) is 7.39. The molecule has 0 amide bonds. The molecule has 0 atom stereocenters. The van der Waals surface area contributed by atoms with Crippen LogP contribution in [0.15, 0.2) is 24.3 Å². The van der Waals surface area contributed by atoms with E-state index in [1.54, 1.807) is 6.07 Å². The fraction of sp³-hybridized carbons (Fsp3) is 0.538. The van der Waals surface area contributed by atoms with Crippen LogP contribution in [0.5, 0.6) is 5.75 Å². The average Bonchev–Trinajstić information content (AvgIpc) is 2.36. The third kappa shape index (κ3) is 5.51. The minimum absolute atomic E-state index is 0.0693. The van der Waals surface area contributed by atoms with Gasteiger partial charge in [-0.15, -0.1) is 0 Å². The van der Waals surface area contributed by atoms with E-state index in [-0.39, 0.29) is 18.1 Å². The van der Waals surface area contributed by atoms with Crippen molar-refractivity contribution in [3.63, 3.8) is 0 Å². The van der Waals surface area contributed by atoms with Gasteiger partial charge in [0.2, 0.25) is 0 Å². The summed E-state index contributed by atoms with van der Waals surface area (Å²) in [6.45, 7) is 2.62. The van der Waals surface area contributed by atoms with Gasteiger partial charge in [0.1, 0.15) is 12.4 Å². The van der Waals surface area contributed by atoms with Crippen molar-refractivity contribution in [1.82, 2.24) is 0 Å². The van der Waals surface area contributed by atoms with Crippen LogP contribution in [0.2, 0.25) is 0 Å². The van der Waals surface area contributed by atoms with Crippen molar-refractivity contribution in [3.05, 3.63) is 29.8 Å². The lowest BCUT2D eigenvalue weighted by Gasteiger charge is -2.08. The standard InChI is InChI=1S/C13H21NO3S/c1-2-3-8-18(15,16)9-7-17-13-6-4-5-12(10-13)11-14/h4-6,10H,2-3,7-9,11,14H2,1H3. The molecule has 1 aromatic carbocycles. The van der Waals surface area contributed by atoms with E-state index in [1.165, 1.54) is 0 Å². The zero-order valence-corrected chi connectivity index (χ0v) is 11.6. The van der Waals surface area contributed by atoms with Gasteiger partial charge in [-0.2, -0.15) is 0 Å². The predicted molar refractivity (Wildman–Crippen MR) is 73.4 cm³/mol. The second kappa shape index (κ2) is 7.38. The van der Waals surface area contributed by atoms with E-state index < -0.39 is 9.84 Å². The molecule has 0 aliphatic heterocycles. The zero-order chi connectivity index (χ0) is 13.4. The van der Waals surface area contributed by atoms with Crippen LogP contribution < -0.4 is 10.5 Å². The Balaban J connectivity index is 2.41. The number of hydrogen-bond donors (Lipinski definition) is 1. The molecule has 0 aliphatic carbocycles. The molecule has 0 bridgehead atoms. The van der Waals surface area contributed by atoms with E-state index in [1.807, 2.05) is 25.1 Å². The highest BCUT2D eigenvalue weighted by Gasteiger charge is 2.10. The van der Waals surface area contributed by atoms with Crippen LogP contribution in [0.4, 0.5) is 0 Å². The van der Waals surface area contributed by atoms with Crippen LogP contribution in [0.3, 0.4) is 0 Å². The smallest absolute Gasteiger partial charge is 0.153 e. The summed E-state index contributed by atoms with van der Waals surface area (Å²) >= 11 is 0. The highest BCUT2D eigenvalue weighted by molar-refractivity contribution is 7.91. The Hall–Kier alpha value is -1.07. The first-order valence-electron chi connectivity index (χ1n) is 6.19. The maximum absolute atomic E-state index is 11.6. The molecule has 18 heavy (non-hydrogen) atoms.